The van der Waals surface area contributed by atoms with Gasteiger partial charge in [0, 0.05) is 11.1 Å². The van der Waals surface area contributed by atoms with Gasteiger partial charge < -0.3 is 10.8 Å². The van der Waals surface area contributed by atoms with E-state index >= 15 is 0 Å². The zero-order chi connectivity index (χ0) is 14.7. The van der Waals surface area contributed by atoms with Crippen LogP contribution in [0.25, 0.3) is 0 Å². The minimum absolute atomic E-state index is 0.0745. The summed E-state index contributed by atoms with van der Waals surface area (Å²) in [4.78, 5) is 0. The molecule has 0 heterocycles. The van der Waals surface area contributed by atoms with Crippen molar-refractivity contribution in [2.45, 2.75) is 51.9 Å². The fraction of sp³-hybridized carbons (Fsp3) is 0.789. The molecule has 6 atom stereocenters. The van der Waals surface area contributed by atoms with Crippen molar-refractivity contribution in [3.05, 3.63) is 23.9 Å². The van der Waals surface area contributed by atoms with Crippen LogP contribution in [0.15, 0.2) is 23.9 Å². The molecule has 4 aliphatic carbocycles. The summed E-state index contributed by atoms with van der Waals surface area (Å²) >= 11 is 0. The first-order valence-electron chi connectivity index (χ1n) is 8.85. The zero-order valence-corrected chi connectivity index (χ0v) is 13.2. The highest BCUT2D eigenvalue weighted by Gasteiger charge is 2.58. The van der Waals surface area contributed by atoms with Crippen LogP contribution in [0.3, 0.4) is 0 Å². The van der Waals surface area contributed by atoms with Crippen LogP contribution in [0.5, 0.6) is 0 Å². The lowest BCUT2D eigenvalue weighted by molar-refractivity contribution is -0.0928. The van der Waals surface area contributed by atoms with E-state index in [4.69, 9.17) is 5.73 Å². The van der Waals surface area contributed by atoms with Gasteiger partial charge in [0.15, 0.2) is 0 Å². The van der Waals surface area contributed by atoms with E-state index in [9.17, 15) is 5.11 Å². The monoisotopic (exact) mass is 287 g/mol. The van der Waals surface area contributed by atoms with Gasteiger partial charge in [0.05, 0.1) is 6.61 Å². The van der Waals surface area contributed by atoms with E-state index in [2.05, 4.69) is 25.2 Å². The minimum atomic E-state index is -0.0745. The van der Waals surface area contributed by atoms with Crippen LogP contribution in [0.2, 0.25) is 0 Å². The number of allylic oxidation sites excluding steroid dienone is 3. The average molecular weight is 287 g/mol. The van der Waals surface area contributed by atoms with E-state index in [-0.39, 0.29) is 12.0 Å². The van der Waals surface area contributed by atoms with Gasteiger partial charge >= 0.3 is 0 Å². The van der Waals surface area contributed by atoms with Crippen LogP contribution in [-0.4, -0.2) is 11.7 Å². The topological polar surface area (TPSA) is 46.2 Å². The fourth-order valence-corrected chi connectivity index (χ4v) is 6.55. The van der Waals surface area contributed by atoms with E-state index in [0.717, 1.165) is 36.3 Å². The largest absolute Gasteiger partial charge is 0.402 e. The van der Waals surface area contributed by atoms with E-state index in [0.29, 0.717) is 11.3 Å². The summed E-state index contributed by atoms with van der Waals surface area (Å²) in [6, 6.07) is 0. The molecule has 0 aromatic heterocycles. The van der Waals surface area contributed by atoms with Crippen LogP contribution in [0.4, 0.5) is 0 Å². The van der Waals surface area contributed by atoms with Crippen LogP contribution < -0.4 is 5.73 Å². The van der Waals surface area contributed by atoms with Crippen LogP contribution >= 0.6 is 0 Å². The Hall–Kier alpha value is -0.760. The van der Waals surface area contributed by atoms with Crippen molar-refractivity contribution in [3.8, 4) is 0 Å². The third-order valence-corrected chi connectivity index (χ3v) is 7.82. The minimum Gasteiger partial charge on any atom is -0.402 e. The van der Waals surface area contributed by atoms with Gasteiger partial charge in [0.25, 0.3) is 0 Å². The Labute approximate surface area is 128 Å². The molecule has 0 aliphatic heterocycles. The lowest BCUT2D eigenvalue weighted by atomic mass is 9.46. The highest BCUT2D eigenvalue weighted by molar-refractivity contribution is 5.25. The van der Waals surface area contributed by atoms with Gasteiger partial charge in [-0.15, -0.1) is 0 Å². The number of nitrogens with two attached hydrogens (primary N) is 1. The van der Waals surface area contributed by atoms with Crippen molar-refractivity contribution in [2.24, 2.45) is 40.2 Å². The maximum Gasteiger partial charge on any atom is 0.0544 e. The Kier molecular flexibility index (Phi) is 3.05. The summed E-state index contributed by atoms with van der Waals surface area (Å²) in [6.45, 7) is 2.80. The lowest BCUT2D eigenvalue weighted by Crippen LogP contribution is -2.53. The normalized spacial score (nSPS) is 51.8. The predicted octanol–water partition coefficient (Wildman–Crippen LogP) is 3.62. The first-order valence-corrected chi connectivity index (χ1v) is 8.85. The third-order valence-electron chi connectivity index (χ3n) is 7.82. The quantitative estimate of drug-likeness (QED) is 0.724. The number of hydrogen-bond donors (Lipinski definition) is 2. The third kappa shape index (κ3) is 1.69. The van der Waals surface area contributed by atoms with Crippen molar-refractivity contribution in [1.29, 1.82) is 0 Å². The van der Waals surface area contributed by atoms with E-state index < -0.39 is 0 Å². The molecule has 2 fully saturated rings. The van der Waals surface area contributed by atoms with E-state index in [1.807, 2.05) is 0 Å². The molecule has 0 spiro atoms. The maximum absolute atomic E-state index is 10.1. The molecule has 0 bridgehead atoms. The number of rotatable bonds is 1. The Morgan fingerprint density at radius 1 is 1.24 bits per heavy atom. The highest BCUT2D eigenvalue weighted by atomic mass is 16.3. The number of hydrogen-bond acceptors (Lipinski definition) is 2. The summed E-state index contributed by atoms with van der Waals surface area (Å²) in [5.74, 6) is 3.01. The molecule has 2 nitrogen and oxygen atoms in total. The summed E-state index contributed by atoms with van der Waals surface area (Å²) in [5.41, 5.74) is 7.72. The zero-order valence-electron chi connectivity index (χ0n) is 13.2. The second-order valence-corrected chi connectivity index (χ2v) is 8.28. The SMILES string of the molecule is C[C@]12CCC=C[C@H]1CC[C@H]1[C@@H]3CC=C(N)[C@@]3(CO)CC[C@@H]12. The van der Waals surface area contributed by atoms with Crippen molar-refractivity contribution in [2.75, 3.05) is 6.61 Å². The second-order valence-electron chi connectivity index (χ2n) is 8.28. The molecule has 2 heteroatoms. The molecule has 4 aliphatic rings. The van der Waals surface area contributed by atoms with Crippen LogP contribution in [0.1, 0.15) is 51.9 Å². The molecule has 0 radical (unpaired) electrons. The van der Waals surface area contributed by atoms with Gasteiger partial charge in [-0.05, 0) is 74.0 Å². The number of aliphatic hydroxyl groups excluding tert-OH is 1. The predicted molar refractivity (Wildman–Crippen MR) is 85.3 cm³/mol. The average Bonchev–Trinajstić information content (AvgIpc) is 2.84. The number of fused-ring (bicyclic) bond motifs is 5. The molecule has 0 amide bonds. The van der Waals surface area contributed by atoms with Gasteiger partial charge in [0.1, 0.15) is 0 Å². The standard InChI is InChI=1S/C19H29NO/c1-18-10-3-2-4-13(18)5-6-14-15(18)9-11-19(12-21)16(14)7-8-17(19)20/h2,4,8,13-16,21H,3,5-7,9-12,20H2,1H3/t13-,14+,15-,16-,18-,19+/m0/s1. The van der Waals surface area contributed by atoms with Crippen molar-refractivity contribution >= 4 is 0 Å². The highest BCUT2D eigenvalue weighted by Crippen LogP contribution is 2.64. The molecular formula is C19H29NO. The van der Waals surface area contributed by atoms with E-state index in [1.165, 1.54) is 32.1 Å². The Bertz CT molecular complexity index is 496. The molecule has 0 unspecified atom stereocenters. The Morgan fingerprint density at radius 3 is 2.90 bits per heavy atom. The van der Waals surface area contributed by atoms with Gasteiger partial charge in [-0.25, -0.2) is 0 Å². The van der Waals surface area contributed by atoms with Gasteiger partial charge in [-0.1, -0.05) is 25.2 Å². The summed E-state index contributed by atoms with van der Waals surface area (Å²) < 4.78 is 0. The fourth-order valence-electron chi connectivity index (χ4n) is 6.55. The van der Waals surface area contributed by atoms with Crippen molar-refractivity contribution in [1.82, 2.24) is 0 Å². The molecule has 21 heavy (non-hydrogen) atoms. The molecule has 3 N–H and O–H groups in total. The Morgan fingerprint density at radius 2 is 2.10 bits per heavy atom. The van der Waals surface area contributed by atoms with Crippen molar-refractivity contribution < 1.29 is 5.11 Å². The van der Waals surface area contributed by atoms with Crippen LogP contribution in [-0.2, 0) is 0 Å². The lowest BCUT2D eigenvalue weighted by Gasteiger charge is -2.59. The van der Waals surface area contributed by atoms with Gasteiger partial charge in [-0.3, -0.25) is 0 Å². The molecule has 2 saturated carbocycles. The summed E-state index contributed by atoms with van der Waals surface area (Å²) in [7, 11) is 0. The Balaban J connectivity index is 1.68. The molecule has 0 saturated heterocycles. The van der Waals surface area contributed by atoms with Crippen LogP contribution in [0, 0.1) is 34.5 Å². The first-order chi connectivity index (χ1) is 10.1. The summed E-state index contributed by atoms with van der Waals surface area (Å²) in [6.07, 6.45) is 15.9. The molecule has 116 valence electrons. The van der Waals surface area contributed by atoms with Gasteiger partial charge in [-0.2, -0.15) is 0 Å². The molecule has 0 aromatic carbocycles. The van der Waals surface area contributed by atoms with Gasteiger partial charge in [0.2, 0.25) is 0 Å². The molecular weight excluding hydrogens is 258 g/mol. The maximum atomic E-state index is 10.1. The number of aliphatic hydroxyl groups is 1. The first kappa shape index (κ1) is 13.9. The van der Waals surface area contributed by atoms with E-state index in [1.54, 1.807) is 0 Å². The summed E-state index contributed by atoms with van der Waals surface area (Å²) in [5, 5.41) is 10.1. The smallest absolute Gasteiger partial charge is 0.0544 e. The van der Waals surface area contributed by atoms with Crippen molar-refractivity contribution in [3.63, 3.8) is 0 Å². The molecule has 0 aromatic rings. The second kappa shape index (κ2) is 4.62. The molecule has 4 rings (SSSR count).